The lowest BCUT2D eigenvalue weighted by Crippen LogP contribution is -2.28. The normalized spacial score (nSPS) is 11.1. The van der Waals surface area contributed by atoms with Gasteiger partial charge in [0.25, 0.3) is 11.6 Å². The SMILES string of the molecule is Cc1c(C(=O)NCCOc2ccc(C(F)(F)F)cc2)cccc1[N+](=O)[O-]. The summed E-state index contributed by atoms with van der Waals surface area (Å²) in [5, 5.41) is 13.4. The van der Waals surface area contributed by atoms with Gasteiger partial charge in [0, 0.05) is 17.2 Å². The van der Waals surface area contributed by atoms with Crippen LogP contribution >= 0.6 is 0 Å². The van der Waals surface area contributed by atoms with Gasteiger partial charge in [0.1, 0.15) is 12.4 Å². The molecule has 0 saturated carbocycles. The minimum absolute atomic E-state index is 0.0328. The number of halogens is 3. The molecule has 2 aromatic rings. The van der Waals surface area contributed by atoms with Gasteiger partial charge in [0.15, 0.2) is 0 Å². The van der Waals surface area contributed by atoms with Crippen LogP contribution in [0.4, 0.5) is 18.9 Å². The van der Waals surface area contributed by atoms with Crippen molar-refractivity contribution in [2.45, 2.75) is 13.1 Å². The number of carbonyl (C=O) groups excluding carboxylic acids is 1. The van der Waals surface area contributed by atoms with Crippen molar-refractivity contribution >= 4 is 11.6 Å². The van der Waals surface area contributed by atoms with Crippen LogP contribution in [0.15, 0.2) is 42.5 Å². The van der Waals surface area contributed by atoms with E-state index in [-0.39, 0.29) is 35.7 Å². The third-order valence-electron chi connectivity index (χ3n) is 3.58. The van der Waals surface area contributed by atoms with Gasteiger partial charge < -0.3 is 10.1 Å². The Balaban J connectivity index is 1.88. The average Bonchev–Trinajstić information content (AvgIpc) is 2.58. The van der Waals surface area contributed by atoms with E-state index in [2.05, 4.69) is 5.32 Å². The zero-order chi connectivity index (χ0) is 19.3. The fourth-order valence-corrected chi connectivity index (χ4v) is 2.24. The molecule has 0 saturated heterocycles. The fourth-order valence-electron chi connectivity index (χ4n) is 2.24. The molecule has 6 nitrogen and oxygen atoms in total. The molecule has 138 valence electrons. The van der Waals surface area contributed by atoms with Gasteiger partial charge in [0.2, 0.25) is 0 Å². The Labute approximate surface area is 146 Å². The van der Waals surface area contributed by atoms with E-state index in [4.69, 9.17) is 4.74 Å². The van der Waals surface area contributed by atoms with Crippen LogP contribution in [0.1, 0.15) is 21.5 Å². The quantitative estimate of drug-likeness (QED) is 0.479. The van der Waals surface area contributed by atoms with Crippen molar-refractivity contribution in [2.24, 2.45) is 0 Å². The van der Waals surface area contributed by atoms with Crippen molar-refractivity contribution in [1.29, 1.82) is 0 Å². The standard InChI is InChI=1S/C17H15F3N2O4/c1-11-14(3-2-4-15(11)22(24)25)16(23)21-9-10-26-13-7-5-12(6-8-13)17(18,19)20/h2-8H,9-10H2,1H3,(H,21,23). The van der Waals surface area contributed by atoms with E-state index in [1.807, 2.05) is 0 Å². The molecule has 0 atom stereocenters. The van der Waals surface area contributed by atoms with Crippen molar-refractivity contribution in [3.8, 4) is 5.75 Å². The van der Waals surface area contributed by atoms with Crippen LogP contribution in [0, 0.1) is 17.0 Å². The number of alkyl halides is 3. The first-order chi connectivity index (χ1) is 12.2. The Hall–Kier alpha value is -3.10. The highest BCUT2D eigenvalue weighted by Gasteiger charge is 2.30. The van der Waals surface area contributed by atoms with Gasteiger partial charge >= 0.3 is 6.18 Å². The van der Waals surface area contributed by atoms with E-state index in [1.54, 1.807) is 0 Å². The summed E-state index contributed by atoms with van der Waals surface area (Å²) in [6.07, 6.45) is -4.41. The third-order valence-corrected chi connectivity index (χ3v) is 3.58. The maximum absolute atomic E-state index is 12.5. The number of hydrogen-bond donors (Lipinski definition) is 1. The van der Waals surface area contributed by atoms with Crippen molar-refractivity contribution in [1.82, 2.24) is 5.32 Å². The molecule has 0 heterocycles. The lowest BCUT2D eigenvalue weighted by Gasteiger charge is -2.10. The molecule has 2 rings (SSSR count). The van der Waals surface area contributed by atoms with Gasteiger partial charge in [-0.1, -0.05) is 6.07 Å². The molecular weight excluding hydrogens is 353 g/mol. The summed E-state index contributed by atoms with van der Waals surface area (Å²) in [4.78, 5) is 22.4. The molecule has 0 aliphatic heterocycles. The van der Waals surface area contributed by atoms with Gasteiger partial charge in [-0.3, -0.25) is 14.9 Å². The van der Waals surface area contributed by atoms with Crippen molar-refractivity contribution in [3.05, 3.63) is 69.3 Å². The van der Waals surface area contributed by atoms with Crippen LogP contribution in [-0.4, -0.2) is 24.0 Å². The van der Waals surface area contributed by atoms with Crippen LogP contribution in [0.3, 0.4) is 0 Å². The van der Waals surface area contributed by atoms with Gasteiger partial charge in [-0.15, -0.1) is 0 Å². The predicted molar refractivity (Wildman–Crippen MR) is 87.1 cm³/mol. The van der Waals surface area contributed by atoms with Crippen LogP contribution in [-0.2, 0) is 6.18 Å². The van der Waals surface area contributed by atoms with E-state index in [0.29, 0.717) is 0 Å². The minimum Gasteiger partial charge on any atom is -0.492 e. The number of carbonyl (C=O) groups is 1. The van der Waals surface area contributed by atoms with Gasteiger partial charge in [-0.05, 0) is 37.3 Å². The smallest absolute Gasteiger partial charge is 0.416 e. The Bertz CT molecular complexity index is 805. The molecule has 0 aromatic heterocycles. The average molecular weight is 368 g/mol. The molecule has 9 heteroatoms. The third kappa shape index (κ3) is 4.71. The number of amides is 1. The van der Waals surface area contributed by atoms with Gasteiger partial charge in [-0.25, -0.2) is 0 Å². The molecule has 0 fully saturated rings. The predicted octanol–water partition coefficient (Wildman–Crippen LogP) is 3.73. The zero-order valence-corrected chi connectivity index (χ0v) is 13.7. The molecule has 1 N–H and O–H groups in total. The molecular formula is C17H15F3N2O4. The second kappa shape index (κ2) is 7.85. The molecule has 2 aromatic carbocycles. The summed E-state index contributed by atoms with van der Waals surface area (Å²) in [6.45, 7) is 1.60. The number of nitrogens with one attached hydrogen (secondary N) is 1. The van der Waals surface area contributed by atoms with E-state index < -0.39 is 22.6 Å². The Morgan fingerprint density at radius 2 is 1.85 bits per heavy atom. The number of hydrogen-bond acceptors (Lipinski definition) is 4. The number of nitro groups is 1. The lowest BCUT2D eigenvalue weighted by molar-refractivity contribution is -0.385. The number of nitrogens with zero attached hydrogens (tertiary/aromatic N) is 1. The molecule has 26 heavy (non-hydrogen) atoms. The zero-order valence-electron chi connectivity index (χ0n) is 13.7. The summed E-state index contributed by atoms with van der Waals surface area (Å²) in [5.74, 6) is -0.263. The topological polar surface area (TPSA) is 81.5 Å². The van der Waals surface area contributed by atoms with Gasteiger partial charge in [0.05, 0.1) is 17.0 Å². The molecule has 0 radical (unpaired) electrons. The van der Waals surface area contributed by atoms with E-state index >= 15 is 0 Å². The molecule has 0 bridgehead atoms. The monoisotopic (exact) mass is 368 g/mol. The van der Waals surface area contributed by atoms with Crippen LogP contribution in [0.5, 0.6) is 5.75 Å². The molecule has 0 aliphatic carbocycles. The van der Waals surface area contributed by atoms with Crippen molar-refractivity contribution in [2.75, 3.05) is 13.2 Å². The molecule has 1 amide bonds. The number of rotatable bonds is 6. The maximum Gasteiger partial charge on any atom is 0.416 e. The highest BCUT2D eigenvalue weighted by molar-refractivity contribution is 5.96. The van der Waals surface area contributed by atoms with E-state index in [9.17, 15) is 28.1 Å². The second-order valence-corrected chi connectivity index (χ2v) is 5.33. The highest BCUT2D eigenvalue weighted by Crippen LogP contribution is 2.30. The minimum atomic E-state index is -4.41. The van der Waals surface area contributed by atoms with E-state index in [0.717, 1.165) is 12.1 Å². The van der Waals surface area contributed by atoms with Crippen molar-refractivity contribution < 1.29 is 27.6 Å². The molecule has 0 spiro atoms. The number of nitro benzene ring substituents is 1. The summed E-state index contributed by atoms with van der Waals surface area (Å²) in [6, 6.07) is 8.37. The fraction of sp³-hybridized carbons (Fsp3) is 0.235. The highest BCUT2D eigenvalue weighted by atomic mass is 19.4. The lowest BCUT2D eigenvalue weighted by atomic mass is 10.1. The largest absolute Gasteiger partial charge is 0.492 e. The number of ether oxygens (including phenoxy) is 1. The number of benzene rings is 2. The Kier molecular flexibility index (Phi) is 5.81. The first-order valence-electron chi connectivity index (χ1n) is 7.52. The summed E-state index contributed by atoms with van der Waals surface area (Å²) in [7, 11) is 0. The van der Waals surface area contributed by atoms with Crippen molar-refractivity contribution in [3.63, 3.8) is 0 Å². The van der Waals surface area contributed by atoms with Crippen LogP contribution in [0.2, 0.25) is 0 Å². The molecule has 0 aliphatic rings. The van der Waals surface area contributed by atoms with Gasteiger partial charge in [-0.2, -0.15) is 13.2 Å². The Morgan fingerprint density at radius 1 is 1.19 bits per heavy atom. The maximum atomic E-state index is 12.5. The first-order valence-corrected chi connectivity index (χ1v) is 7.52. The van der Waals surface area contributed by atoms with Crippen LogP contribution < -0.4 is 10.1 Å². The van der Waals surface area contributed by atoms with E-state index in [1.165, 1.54) is 37.3 Å². The summed E-state index contributed by atoms with van der Waals surface area (Å²) in [5.41, 5.74) is -0.509. The van der Waals surface area contributed by atoms with Crippen LogP contribution in [0.25, 0.3) is 0 Å². The second-order valence-electron chi connectivity index (χ2n) is 5.33. The Morgan fingerprint density at radius 3 is 2.42 bits per heavy atom. The summed E-state index contributed by atoms with van der Waals surface area (Å²) >= 11 is 0. The molecule has 0 unspecified atom stereocenters. The first kappa shape index (κ1) is 19.2. The summed E-state index contributed by atoms with van der Waals surface area (Å²) < 4.78 is 42.6.